The second kappa shape index (κ2) is 12.0. The summed E-state index contributed by atoms with van der Waals surface area (Å²) < 4.78 is 27.5. The van der Waals surface area contributed by atoms with E-state index >= 15 is 0 Å². The van der Waals surface area contributed by atoms with Crippen molar-refractivity contribution in [2.45, 2.75) is 25.8 Å². The lowest BCUT2D eigenvalue weighted by molar-refractivity contribution is 0.190. The maximum absolute atomic E-state index is 12.5. The van der Waals surface area contributed by atoms with Gasteiger partial charge in [0.1, 0.15) is 5.82 Å². The third kappa shape index (κ3) is 6.75. The van der Waals surface area contributed by atoms with Crippen molar-refractivity contribution in [2.75, 3.05) is 56.9 Å². The zero-order chi connectivity index (χ0) is 27.3. The fourth-order valence-corrected chi connectivity index (χ4v) is 5.43. The maximum Gasteiger partial charge on any atom is 0.261 e. The summed E-state index contributed by atoms with van der Waals surface area (Å²) in [5, 5.41) is 0. The van der Waals surface area contributed by atoms with Gasteiger partial charge in [-0.15, -0.1) is 0 Å². The van der Waals surface area contributed by atoms with E-state index in [1.54, 1.807) is 25.3 Å². The molecule has 38 heavy (non-hydrogen) atoms. The summed E-state index contributed by atoms with van der Waals surface area (Å²) in [6.07, 6.45) is 10.3. The van der Waals surface area contributed by atoms with Crippen LogP contribution in [0.5, 0.6) is 0 Å². The summed E-state index contributed by atoms with van der Waals surface area (Å²) in [5.41, 5.74) is 3.62. The van der Waals surface area contributed by atoms with Crippen LogP contribution in [0.15, 0.2) is 66.5 Å². The van der Waals surface area contributed by atoms with Gasteiger partial charge in [-0.3, -0.25) is 14.7 Å². The fourth-order valence-electron chi connectivity index (χ4n) is 4.56. The van der Waals surface area contributed by atoms with Crippen molar-refractivity contribution in [3.8, 4) is 11.1 Å². The zero-order valence-electron chi connectivity index (χ0n) is 22.6. The third-order valence-electron chi connectivity index (χ3n) is 6.86. The molecule has 1 fully saturated rings. The van der Waals surface area contributed by atoms with Gasteiger partial charge in [-0.05, 0) is 70.7 Å². The minimum absolute atomic E-state index is 0.0110. The van der Waals surface area contributed by atoms with Crippen molar-refractivity contribution in [1.82, 2.24) is 24.8 Å². The van der Waals surface area contributed by atoms with Crippen LogP contribution in [0.1, 0.15) is 19.8 Å². The van der Waals surface area contributed by atoms with E-state index in [0.717, 1.165) is 67.0 Å². The van der Waals surface area contributed by atoms with Crippen LogP contribution < -0.4 is 9.62 Å². The fraction of sp³-hybridized carbons (Fsp3) is 0.393. The lowest BCUT2D eigenvalue weighted by Gasteiger charge is -2.37. The Morgan fingerprint density at radius 3 is 2.55 bits per heavy atom. The molecule has 0 atom stereocenters. The molecule has 10 heteroatoms. The van der Waals surface area contributed by atoms with Crippen molar-refractivity contribution in [1.29, 1.82) is 0 Å². The number of nitrogens with one attached hydrogen (secondary N) is 1. The highest BCUT2D eigenvalue weighted by Gasteiger charge is 2.23. The summed E-state index contributed by atoms with van der Waals surface area (Å²) in [6, 6.07) is 8.18. The van der Waals surface area contributed by atoms with Crippen LogP contribution >= 0.6 is 0 Å². The van der Waals surface area contributed by atoms with Gasteiger partial charge in [0.2, 0.25) is 0 Å². The summed E-state index contributed by atoms with van der Waals surface area (Å²) >= 11 is 0. The van der Waals surface area contributed by atoms with Crippen LogP contribution in [0.3, 0.4) is 0 Å². The van der Waals surface area contributed by atoms with E-state index in [4.69, 9.17) is 4.98 Å². The SMILES string of the molecule is C=C(C=CC)S(=O)(=O)Nc1cncc(-c2ccc3ncc(N4CCC(N(C)CCN(C)C)CC4)nc3c2)c1. The van der Waals surface area contributed by atoms with Gasteiger partial charge in [0.25, 0.3) is 10.0 Å². The van der Waals surface area contributed by atoms with Gasteiger partial charge >= 0.3 is 0 Å². The first-order valence-electron chi connectivity index (χ1n) is 12.8. The van der Waals surface area contributed by atoms with Gasteiger partial charge in [0, 0.05) is 44.0 Å². The molecule has 1 saturated heterocycles. The lowest BCUT2D eigenvalue weighted by atomic mass is 10.0. The van der Waals surface area contributed by atoms with Crippen LogP contribution in [0.4, 0.5) is 11.5 Å². The molecule has 3 aromatic rings. The molecule has 1 N–H and O–H groups in total. The third-order valence-corrected chi connectivity index (χ3v) is 8.19. The number of likely N-dealkylation sites (N-methyl/N-ethyl adjacent to an activating group) is 2. The molecule has 0 aliphatic carbocycles. The van der Waals surface area contributed by atoms with E-state index in [-0.39, 0.29) is 4.91 Å². The Morgan fingerprint density at radius 2 is 1.84 bits per heavy atom. The Balaban J connectivity index is 1.49. The van der Waals surface area contributed by atoms with Crippen molar-refractivity contribution in [3.05, 3.63) is 66.5 Å². The molecule has 1 aliphatic rings. The number of hydrogen-bond donors (Lipinski definition) is 1. The van der Waals surface area contributed by atoms with E-state index < -0.39 is 10.0 Å². The van der Waals surface area contributed by atoms with Crippen LogP contribution in [0, 0.1) is 0 Å². The monoisotopic (exact) mass is 535 g/mol. The molecule has 4 rings (SSSR count). The van der Waals surface area contributed by atoms with E-state index in [9.17, 15) is 8.42 Å². The number of pyridine rings is 1. The largest absolute Gasteiger partial charge is 0.355 e. The molecule has 202 valence electrons. The molecule has 0 bridgehead atoms. The Morgan fingerprint density at radius 1 is 1.08 bits per heavy atom. The quantitative estimate of drug-likeness (QED) is 0.390. The highest BCUT2D eigenvalue weighted by Crippen LogP contribution is 2.27. The number of benzene rings is 1. The van der Waals surface area contributed by atoms with Gasteiger partial charge < -0.3 is 14.7 Å². The molecule has 0 amide bonds. The molecule has 0 radical (unpaired) electrons. The molecule has 0 spiro atoms. The number of aromatic nitrogens is 3. The van der Waals surface area contributed by atoms with Gasteiger partial charge in [-0.1, -0.05) is 18.7 Å². The summed E-state index contributed by atoms with van der Waals surface area (Å²) in [5.74, 6) is 0.881. The van der Waals surface area contributed by atoms with E-state index in [1.807, 2.05) is 24.4 Å². The van der Waals surface area contributed by atoms with Crippen molar-refractivity contribution < 1.29 is 8.42 Å². The first kappa shape index (κ1) is 27.7. The van der Waals surface area contributed by atoms with Gasteiger partial charge in [-0.2, -0.15) is 0 Å². The highest BCUT2D eigenvalue weighted by atomic mass is 32.2. The first-order chi connectivity index (χ1) is 18.2. The topological polar surface area (TPSA) is 94.6 Å². The van der Waals surface area contributed by atoms with Crippen LogP contribution in [-0.2, 0) is 10.0 Å². The number of rotatable bonds is 10. The minimum atomic E-state index is -3.75. The lowest BCUT2D eigenvalue weighted by Crippen LogP contribution is -2.45. The second-order valence-electron chi connectivity index (χ2n) is 9.97. The molecular formula is C28H37N7O2S. The number of anilines is 2. The van der Waals surface area contributed by atoms with Crippen LogP contribution in [0.25, 0.3) is 22.2 Å². The summed E-state index contributed by atoms with van der Waals surface area (Å²) in [4.78, 5) is 20.8. The standard InChI is InChI=1S/C28H37N7O2S/c1-6-7-21(2)38(36,37)32-24-16-23(18-29-19-24)22-8-9-26-27(17-22)31-28(20-30-26)35-12-10-25(11-13-35)34(5)15-14-33(3)4/h6-9,16-20,25,32H,2,10-15H2,1,3-5H3. The Kier molecular flexibility index (Phi) is 8.76. The number of hydrogen-bond acceptors (Lipinski definition) is 8. The number of fused-ring (bicyclic) bond motifs is 1. The molecular weight excluding hydrogens is 498 g/mol. The molecule has 9 nitrogen and oxygen atoms in total. The highest BCUT2D eigenvalue weighted by molar-refractivity contribution is 7.96. The van der Waals surface area contributed by atoms with Crippen molar-refractivity contribution in [2.24, 2.45) is 0 Å². The normalized spacial score (nSPS) is 15.2. The first-order valence-corrected chi connectivity index (χ1v) is 14.3. The zero-order valence-corrected chi connectivity index (χ0v) is 23.4. The van der Waals surface area contributed by atoms with Crippen molar-refractivity contribution >= 4 is 32.6 Å². The number of nitrogens with zero attached hydrogens (tertiary/aromatic N) is 6. The maximum atomic E-state index is 12.5. The number of allylic oxidation sites excluding steroid dienone is 2. The van der Waals surface area contributed by atoms with E-state index in [0.29, 0.717) is 11.7 Å². The van der Waals surface area contributed by atoms with Gasteiger partial charge in [0.05, 0.1) is 34.0 Å². The minimum Gasteiger partial charge on any atom is -0.355 e. The predicted molar refractivity (Wildman–Crippen MR) is 156 cm³/mol. The van der Waals surface area contributed by atoms with E-state index in [1.165, 1.54) is 12.3 Å². The Hall–Kier alpha value is -3.34. The van der Waals surface area contributed by atoms with Gasteiger partial charge in [0.15, 0.2) is 0 Å². The second-order valence-corrected chi connectivity index (χ2v) is 11.7. The average Bonchev–Trinajstić information content (AvgIpc) is 2.91. The summed E-state index contributed by atoms with van der Waals surface area (Å²) in [7, 11) is 2.69. The summed E-state index contributed by atoms with van der Waals surface area (Å²) in [6.45, 7) is 9.38. The van der Waals surface area contributed by atoms with E-state index in [2.05, 4.69) is 57.1 Å². The van der Waals surface area contributed by atoms with Gasteiger partial charge in [-0.25, -0.2) is 13.4 Å². The molecule has 1 aliphatic heterocycles. The van der Waals surface area contributed by atoms with Crippen molar-refractivity contribution in [3.63, 3.8) is 0 Å². The Labute approximate surface area is 226 Å². The molecule has 2 aromatic heterocycles. The molecule has 0 unspecified atom stereocenters. The average molecular weight is 536 g/mol. The molecule has 3 heterocycles. The number of piperidine rings is 1. The predicted octanol–water partition coefficient (Wildman–Crippen LogP) is 3.99. The van der Waals surface area contributed by atoms with Crippen LogP contribution in [0.2, 0.25) is 0 Å². The smallest absolute Gasteiger partial charge is 0.261 e. The number of sulfonamides is 1. The molecule has 0 saturated carbocycles. The molecule has 1 aromatic carbocycles. The Bertz CT molecular complexity index is 1410. The van der Waals surface area contributed by atoms with Crippen LogP contribution in [-0.4, -0.2) is 86.5 Å².